The van der Waals surface area contributed by atoms with Gasteiger partial charge in [0.05, 0.1) is 12.1 Å². The smallest absolute Gasteiger partial charge is 0.225 e. The van der Waals surface area contributed by atoms with Crippen LogP contribution in [0.5, 0.6) is 0 Å². The lowest BCUT2D eigenvalue weighted by molar-refractivity contribution is -0.128. The van der Waals surface area contributed by atoms with E-state index in [4.69, 9.17) is 0 Å². The molecule has 20 heavy (non-hydrogen) atoms. The molecule has 1 aliphatic rings. The first-order chi connectivity index (χ1) is 9.30. The molecule has 2 amide bonds. The van der Waals surface area contributed by atoms with Crippen LogP contribution in [-0.2, 0) is 9.59 Å². The minimum absolute atomic E-state index is 0.0557. The molecule has 3 N–H and O–H groups in total. The molecule has 0 aromatic heterocycles. The largest absolute Gasteiger partial charge is 0.391 e. The number of carbonyl (C=O) groups excluding carboxylic acids is 2. The first-order valence-electron chi connectivity index (χ1n) is 7.56. The lowest BCUT2D eigenvalue weighted by Gasteiger charge is -2.22. The van der Waals surface area contributed by atoms with Gasteiger partial charge in [-0.05, 0) is 12.8 Å². The average molecular weight is 284 g/mol. The van der Waals surface area contributed by atoms with Gasteiger partial charge < -0.3 is 15.7 Å². The normalized spacial score (nSPS) is 23.8. The summed E-state index contributed by atoms with van der Waals surface area (Å²) in [4.78, 5) is 23.5. The zero-order valence-electron chi connectivity index (χ0n) is 12.9. The predicted octanol–water partition coefficient (Wildman–Crippen LogP) is 1.35. The fourth-order valence-electron chi connectivity index (χ4n) is 2.29. The van der Waals surface area contributed by atoms with E-state index < -0.39 is 11.5 Å². The van der Waals surface area contributed by atoms with Crippen molar-refractivity contribution in [2.24, 2.45) is 5.41 Å². The fourth-order valence-corrected chi connectivity index (χ4v) is 2.29. The van der Waals surface area contributed by atoms with Crippen molar-refractivity contribution in [3.8, 4) is 0 Å². The summed E-state index contributed by atoms with van der Waals surface area (Å²) in [7, 11) is 0. The van der Waals surface area contributed by atoms with Gasteiger partial charge in [0.1, 0.15) is 0 Å². The molecule has 0 saturated heterocycles. The quantitative estimate of drug-likeness (QED) is 0.682. The summed E-state index contributed by atoms with van der Waals surface area (Å²) >= 11 is 0. The molecule has 0 aliphatic heterocycles. The van der Waals surface area contributed by atoms with Gasteiger partial charge in [-0.3, -0.25) is 9.59 Å². The van der Waals surface area contributed by atoms with Gasteiger partial charge in [0.2, 0.25) is 11.8 Å². The van der Waals surface area contributed by atoms with Crippen molar-refractivity contribution in [2.45, 2.75) is 71.4 Å². The second kappa shape index (κ2) is 7.62. The van der Waals surface area contributed by atoms with Crippen LogP contribution in [0.15, 0.2) is 0 Å². The standard InChI is InChI=1S/C15H28N2O3/c1-15(2,3)14(20)16-10-9-13(19)17-11-7-5-4-6-8-12(11)18/h11-12,18H,4-10H2,1-3H3,(H,16,20)(H,17,19). The summed E-state index contributed by atoms with van der Waals surface area (Å²) < 4.78 is 0. The molecule has 0 radical (unpaired) electrons. The molecule has 1 aliphatic carbocycles. The van der Waals surface area contributed by atoms with E-state index >= 15 is 0 Å². The summed E-state index contributed by atoms with van der Waals surface area (Å²) in [5, 5.41) is 15.6. The van der Waals surface area contributed by atoms with Crippen LogP contribution in [0.1, 0.15) is 59.3 Å². The maximum absolute atomic E-state index is 11.8. The zero-order valence-corrected chi connectivity index (χ0v) is 12.9. The van der Waals surface area contributed by atoms with Gasteiger partial charge in [-0.1, -0.05) is 40.0 Å². The Morgan fingerprint density at radius 3 is 2.45 bits per heavy atom. The lowest BCUT2D eigenvalue weighted by Crippen LogP contribution is -2.44. The molecule has 0 heterocycles. The molecular weight excluding hydrogens is 256 g/mol. The SMILES string of the molecule is CC(C)(C)C(=O)NCCC(=O)NC1CCCCCC1O. The van der Waals surface area contributed by atoms with E-state index in [1.807, 2.05) is 20.8 Å². The number of amides is 2. The highest BCUT2D eigenvalue weighted by Gasteiger charge is 2.24. The Morgan fingerprint density at radius 1 is 1.15 bits per heavy atom. The molecule has 0 bridgehead atoms. The molecule has 1 fully saturated rings. The van der Waals surface area contributed by atoms with E-state index in [1.54, 1.807) is 0 Å². The Labute approximate surface area is 121 Å². The summed E-state index contributed by atoms with van der Waals surface area (Å²) in [6.07, 6.45) is 4.59. The molecule has 1 rings (SSSR count). The number of aliphatic hydroxyl groups is 1. The Morgan fingerprint density at radius 2 is 1.80 bits per heavy atom. The van der Waals surface area contributed by atoms with Crippen LogP contribution in [0.3, 0.4) is 0 Å². The summed E-state index contributed by atoms with van der Waals surface area (Å²) in [6.45, 7) is 5.85. The number of rotatable bonds is 4. The molecule has 0 aromatic carbocycles. The highest BCUT2D eigenvalue weighted by atomic mass is 16.3. The van der Waals surface area contributed by atoms with E-state index in [2.05, 4.69) is 10.6 Å². The van der Waals surface area contributed by atoms with Crippen molar-refractivity contribution in [2.75, 3.05) is 6.54 Å². The maximum atomic E-state index is 11.8. The molecular formula is C15H28N2O3. The molecule has 5 heteroatoms. The Bertz CT molecular complexity index is 337. The van der Waals surface area contributed by atoms with Crippen molar-refractivity contribution >= 4 is 11.8 Å². The summed E-state index contributed by atoms with van der Waals surface area (Å²) in [5.74, 6) is -0.162. The average Bonchev–Trinajstić information content (AvgIpc) is 2.53. The van der Waals surface area contributed by atoms with Crippen LogP contribution in [0.2, 0.25) is 0 Å². The third kappa shape index (κ3) is 5.90. The molecule has 5 nitrogen and oxygen atoms in total. The molecule has 1 saturated carbocycles. The summed E-state index contributed by atoms with van der Waals surface area (Å²) in [6, 6.07) is -0.136. The van der Waals surface area contributed by atoms with Crippen molar-refractivity contribution in [1.82, 2.24) is 10.6 Å². The van der Waals surface area contributed by atoms with Crippen LogP contribution >= 0.6 is 0 Å². The van der Waals surface area contributed by atoms with Crippen molar-refractivity contribution in [3.05, 3.63) is 0 Å². The van der Waals surface area contributed by atoms with Crippen LogP contribution in [0.25, 0.3) is 0 Å². The first kappa shape index (κ1) is 17.0. The van der Waals surface area contributed by atoms with Crippen LogP contribution in [-0.4, -0.2) is 35.6 Å². The van der Waals surface area contributed by atoms with E-state index in [0.29, 0.717) is 6.54 Å². The monoisotopic (exact) mass is 284 g/mol. The van der Waals surface area contributed by atoms with Gasteiger partial charge in [-0.15, -0.1) is 0 Å². The highest BCUT2D eigenvalue weighted by Crippen LogP contribution is 2.18. The molecule has 0 spiro atoms. The highest BCUT2D eigenvalue weighted by molar-refractivity contribution is 5.82. The Hall–Kier alpha value is -1.10. The van der Waals surface area contributed by atoms with Crippen molar-refractivity contribution in [3.63, 3.8) is 0 Å². The Balaban J connectivity index is 2.27. The molecule has 116 valence electrons. The van der Waals surface area contributed by atoms with Gasteiger partial charge in [0, 0.05) is 18.4 Å². The number of hydrogen-bond acceptors (Lipinski definition) is 3. The van der Waals surface area contributed by atoms with E-state index in [0.717, 1.165) is 32.1 Å². The van der Waals surface area contributed by atoms with Crippen molar-refractivity contribution < 1.29 is 14.7 Å². The lowest BCUT2D eigenvalue weighted by atomic mass is 9.96. The van der Waals surface area contributed by atoms with E-state index in [9.17, 15) is 14.7 Å². The van der Waals surface area contributed by atoms with Gasteiger partial charge >= 0.3 is 0 Å². The van der Waals surface area contributed by atoms with Crippen LogP contribution in [0.4, 0.5) is 0 Å². The second-order valence-electron chi connectivity index (χ2n) is 6.64. The van der Waals surface area contributed by atoms with Crippen LogP contribution in [0, 0.1) is 5.41 Å². The minimum Gasteiger partial charge on any atom is -0.391 e. The molecule has 2 atom stereocenters. The minimum atomic E-state index is -0.439. The number of hydrogen-bond donors (Lipinski definition) is 3. The molecule has 0 aromatic rings. The Kier molecular flexibility index (Phi) is 6.46. The van der Waals surface area contributed by atoms with Gasteiger partial charge in [-0.2, -0.15) is 0 Å². The zero-order chi connectivity index (χ0) is 15.2. The topological polar surface area (TPSA) is 78.4 Å². The fraction of sp³-hybridized carbons (Fsp3) is 0.867. The van der Waals surface area contributed by atoms with Gasteiger partial charge in [0.15, 0.2) is 0 Å². The first-order valence-corrected chi connectivity index (χ1v) is 7.56. The predicted molar refractivity (Wildman–Crippen MR) is 78.1 cm³/mol. The number of aliphatic hydroxyl groups excluding tert-OH is 1. The third-order valence-corrected chi connectivity index (χ3v) is 3.64. The van der Waals surface area contributed by atoms with Gasteiger partial charge in [0.25, 0.3) is 0 Å². The summed E-state index contributed by atoms with van der Waals surface area (Å²) in [5.41, 5.74) is -0.437. The number of nitrogens with one attached hydrogen (secondary N) is 2. The van der Waals surface area contributed by atoms with Crippen LogP contribution < -0.4 is 10.6 Å². The van der Waals surface area contributed by atoms with Gasteiger partial charge in [-0.25, -0.2) is 0 Å². The maximum Gasteiger partial charge on any atom is 0.225 e. The number of carbonyl (C=O) groups is 2. The van der Waals surface area contributed by atoms with E-state index in [-0.39, 0.29) is 24.3 Å². The van der Waals surface area contributed by atoms with Crippen molar-refractivity contribution in [1.29, 1.82) is 0 Å². The second-order valence-corrected chi connectivity index (χ2v) is 6.64. The molecule has 2 unspecified atom stereocenters. The van der Waals surface area contributed by atoms with E-state index in [1.165, 1.54) is 0 Å². The third-order valence-electron chi connectivity index (χ3n) is 3.64.